The number of carbonyl (C=O) groups is 1. The van der Waals surface area contributed by atoms with E-state index in [9.17, 15) is 4.79 Å². The number of ether oxygens (including phenoxy) is 1. The molecule has 0 radical (unpaired) electrons. The molecule has 16 heavy (non-hydrogen) atoms. The monoisotopic (exact) mass is 245 g/mol. The molecule has 1 heterocycles. The molecule has 1 aromatic heterocycles. The van der Waals surface area contributed by atoms with Gasteiger partial charge in [0.2, 0.25) is 0 Å². The van der Waals surface area contributed by atoms with Gasteiger partial charge in [0.25, 0.3) is 5.91 Å². The van der Waals surface area contributed by atoms with Crippen molar-refractivity contribution in [1.29, 1.82) is 0 Å². The summed E-state index contributed by atoms with van der Waals surface area (Å²) < 4.78 is 10.1. The molecule has 1 atom stereocenters. The van der Waals surface area contributed by atoms with Gasteiger partial charge in [0.05, 0.1) is 18.9 Å². The SMILES string of the molecule is COCC(CCCl)NC(=O)c1occc1C. The smallest absolute Gasteiger partial charge is 0.287 e. The number of amides is 1. The quantitative estimate of drug-likeness (QED) is 0.780. The average molecular weight is 246 g/mol. The predicted octanol–water partition coefficient (Wildman–Crippen LogP) is 1.96. The first-order chi connectivity index (χ1) is 7.69. The van der Waals surface area contributed by atoms with Gasteiger partial charge in [-0.1, -0.05) is 0 Å². The number of aryl methyl sites for hydroxylation is 1. The predicted molar refractivity (Wildman–Crippen MR) is 61.9 cm³/mol. The third kappa shape index (κ3) is 3.54. The van der Waals surface area contributed by atoms with Crippen molar-refractivity contribution in [3.05, 3.63) is 23.7 Å². The largest absolute Gasteiger partial charge is 0.459 e. The number of rotatable bonds is 6. The molecule has 4 nitrogen and oxygen atoms in total. The number of hydrogen-bond donors (Lipinski definition) is 1. The highest BCUT2D eigenvalue weighted by molar-refractivity contribution is 6.17. The number of alkyl halides is 1. The summed E-state index contributed by atoms with van der Waals surface area (Å²) in [7, 11) is 1.59. The van der Waals surface area contributed by atoms with E-state index in [1.165, 1.54) is 6.26 Å². The van der Waals surface area contributed by atoms with E-state index in [2.05, 4.69) is 5.32 Å². The zero-order chi connectivity index (χ0) is 12.0. The molecule has 0 fully saturated rings. The lowest BCUT2D eigenvalue weighted by Crippen LogP contribution is -2.38. The second kappa shape index (κ2) is 6.55. The normalized spacial score (nSPS) is 12.4. The third-order valence-electron chi connectivity index (χ3n) is 2.23. The van der Waals surface area contributed by atoms with E-state index in [1.807, 2.05) is 6.92 Å². The van der Waals surface area contributed by atoms with Gasteiger partial charge < -0.3 is 14.5 Å². The molecule has 1 unspecified atom stereocenters. The zero-order valence-electron chi connectivity index (χ0n) is 9.46. The highest BCUT2D eigenvalue weighted by atomic mass is 35.5. The number of furan rings is 1. The minimum absolute atomic E-state index is 0.0838. The van der Waals surface area contributed by atoms with Crippen LogP contribution in [-0.4, -0.2) is 31.5 Å². The van der Waals surface area contributed by atoms with Crippen LogP contribution in [0.3, 0.4) is 0 Å². The summed E-state index contributed by atoms with van der Waals surface area (Å²) in [6.07, 6.45) is 2.16. The van der Waals surface area contributed by atoms with Crippen LogP contribution in [0.5, 0.6) is 0 Å². The number of hydrogen-bond acceptors (Lipinski definition) is 3. The molecule has 0 aliphatic carbocycles. The molecule has 90 valence electrons. The Morgan fingerprint density at radius 1 is 1.69 bits per heavy atom. The van der Waals surface area contributed by atoms with Crippen molar-refractivity contribution in [2.45, 2.75) is 19.4 Å². The van der Waals surface area contributed by atoms with Crippen LogP contribution in [0.15, 0.2) is 16.7 Å². The maximum absolute atomic E-state index is 11.8. The summed E-state index contributed by atoms with van der Waals surface area (Å²) in [5.74, 6) is 0.594. The average Bonchev–Trinajstić information content (AvgIpc) is 2.65. The summed E-state index contributed by atoms with van der Waals surface area (Å²) >= 11 is 5.64. The van der Waals surface area contributed by atoms with Gasteiger partial charge in [-0.05, 0) is 19.4 Å². The molecule has 1 amide bonds. The summed E-state index contributed by atoms with van der Waals surface area (Å²) in [4.78, 5) is 11.8. The number of halogens is 1. The third-order valence-corrected chi connectivity index (χ3v) is 2.45. The molecule has 0 spiro atoms. The Bertz CT molecular complexity index is 332. The fourth-order valence-electron chi connectivity index (χ4n) is 1.39. The van der Waals surface area contributed by atoms with Crippen molar-refractivity contribution in [3.63, 3.8) is 0 Å². The van der Waals surface area contributed by atoms with Crippen LogP contribution in [-0.2, 0) is 4.74 Å². The summed E-state index contributed by atoms with van der Waals surface area (Å²) in [5.41, 5.74) is 0.819. The van der Waals surface area contributed by atoms with E-state index in [0.717, 1.165) is 5.56 Å². The Hall–Kier alpha value is -1.00. The van der Waals surface area contributed by atoms with Gasteiger partial charge in [0.15, 0.2) is 5.76 Å². The first-order valence-electron chi connectivity index (χ1n) is 5.09. The van der Waals surface area contributed by atoms with Gasteiger partial charge in [0, 0.05) is 18.6 Å². The second-order valence-electron chi connectivity index (χ2n) is 3.54. The maximum Gasteiger partial charge on any atom is 0.287 e. The lowest BCUT2D eigenvalue weighted by atomic mass is 10.2. The minimum Gasteiger partial charge on any atom is -0.459 e. The molecule has 0 aliphatic rings. The number of methoxy groups -OCH3 is 1. The van der Waals surface area contributed by atoms with Crippen molar-refractivity contribution in [2.75, 3.05) is 19.6 Å². The van der Waals surface area contributed by atoms with Gasteiger partial charge in [-0.15, -0.1) is 11.6 Å². The maximum atomic E-state index is 11.8. The van der Waals surface area contributed by atoms with Gasteiger partial charge in [-0.25, -0.2) is 0 Å². The van der Waals surface area contributed by atoms with Crippen molar-refractivity contribution < 1.29 is 13.9 Å². The van der Waals surface area contributed by atoms with Crippen LogP contribution < -0.4 is 5.32 Å². The fourth-order valence-corrected chi connectivity index (χ4v) is 1.65. The first-order valence-corrected chi connectivity index (χ1v) is 5.62. The van der Waals surface area contributed by atoms with E-state index >= 15 is 0 Å². The van der Waals surface area contributed by atoms with Crippen LogP contribution in [0.2, 0.25) is 0 Å². The fraction of sp³-hybridized carbons (Fsp3) is 0.545. The molecule has 5 heteroatoms. The molecule has 1 N–H and O–H groups in total. The molecule has 0 aliphatic heterocycles. The lowest BCUT2D eigenvalue weighted by molar-refractivity contribution is 0.0867. The van der Waals surface area contributed by atoms with Crippen LogP contribution in [0.1, 0.15) is 22.5 Å². The Kier molecular flexibility index (Phi) is 5.35. The molecule has 1 aromatic rings. The molecular weight excluding hydrogens is 230 g/mol. The Morgan fingerprint density at radius 3 is 2.94 bits per heavy atom. The number of carbonyl (C=O) groups excluding carboxylic acids is 1. The number of nitrogens with one attached hydrogen (secondary N) is 1. The molecule has 0 saturated carbocycles. The van der Waals surface area contributed by atoms with Gasteiger partial charge in [-0.3, -0.25) is 4.79 Å². The molecule has 0 aromatic carbocycles. The molecule has 0 bridgehead atoms. The first kappa shape index (κ1) is 13.1. The van der Waals surface area contributed by atoms with E-state index < -0.39 is 0 Å². The lowest BCUT2D eigenvalue weighted by Gasteiger charge is -2.15. The van der Waals surface area contributed by atoms with Crippen LogP contribution in [0.4, 0.5) is 0 Å². The van der Waals surface area contributed by atoms with Crippen LogP contribution >= 0.6 is 11.6 Å². The molecule has 1 rings (SSSR count). The Balaban J connectivity index is 2.58. The van der Waals surface area contributed by atoms with Crippen LogP contribution in [0.25, 0.3) is 0 Å². The highest BCUT2D eigenvalue weighted by Crippen LogP contribution is 2.09. The van der Waals surface area contributed by atoms with E-state index in [1.54, 1.807) is 13.2 Å². The summed E-state index contributed by atoms with van der Waals surface area (Å²) in [5, 5.41) is 2.82. The molecule has 0 saturated heterocycles. The summed E-state index contributed by atoms with van der Waals surface area (Å²) in [6, 6.07) is 1.67. The van der Waals surface area contributed by atoms with Gasteiger partial charge in [0.1, 0.15) is 0 Å². The van der Waals surface area contributed by atoms with E-state index in [0.29, 0.717) is 24.7 Å². The van der Waals surface area contributed by atoms with Crippen molar-refractivity contribution in [3.8, 4) is 0 Å². The topological polar surface area (TPSA) is 51.5 Å². The van der Waals surface area contributed by atoms with Crippen molar-refractivity contribution >= 4 is 17.5 Å². The standard InChI is InChI=1S/C11H16ClNO3/c1-8-4-6-16-10(8)11(14)13-9(3-5-12)7-15-2/h4,6,9H,3,5,7H2,1-2H3,(H,13,14). The van der Waals surface area contributed by atoms with Crippen molar-refractivity contribution in [2.24, 2.45) is 0 Å². The Labute approximate surface area is 99.9 Å². The van der Waals surface area contributed by atoms with Crippen molar-refractivity contribution in [1.82, 2.24) is 5.32 Å². The molecular formula is C11H16ClNO3. The van der Waals surface area contributed by atoms with E-state index in [4.69, 9.17) is 20.8 Å². The van der Waals surface area contributed by atoms with E-state index in [-0.39, 0.29) is 11.9 Å². The minimum atomic E-state index is -0.227. The van der Waals surface area contributed by atoms with Gasteiger partial charge >= 0.3 is 0 Å². The zero-order valence-corrected chi connectivity index (χ0v) is 10.2. The van der Waals surface area contributed by atoms with Crippen LogP contribution in [0, 0.1) is 6.92 Å². The Morgan fingerprint density at radius 2 is 2.44 bits per heavy atom. The highest BCUT2D eigenvalue weighted by Gasteiger charge is 2.17. The summed E-state index contributed by atoms with van der Waals surface area (Å²) in [6.45, 7) is 2.27. The second-order valence-corrected chi connectivity index (χ2v) is 3.91. The van der Waals surface area contributed by atoms with Gasteiger partial charge in [-0.2, -0.15) is 0 Å².